The molecule has 5 nitrogen and oxygen atoms in total. The highest BCUT2D eigenvalue weighted by atomic mass is 35.5. The Morgan fingerprint density at radius 2 is 2.00 bits per heavy atom. The first-order chi connectivity index (χ1) is 11.0. The molecule has 2 heterocycles. The summed E-state index contributed by atoms with van der Waals surface area (Å²) in [7, 11) is -3.71. The maximum absolute atomic E-state index is 12.3. The molecule has 2 aromatic heterocycles. The normalized spacial score (nSPS) is 11.9. The maximum Gasteiger partial charge on any atom is 0.242 e. The van der Waals surface area contributed by atoms with Crippen molar-refractivity contribution in [1.29, 1.82) is 0 Å². The van der Waals surface area contributed by atoms with Crippen LogP contribution >= 0.6 is 23.2 Å². The topological polar surface area (TPSA) is 63.5 Å². The predicted octanol–water partition coefficient (Wildman–Crippen LogP) is 3.16. The van der Waals surface area contributed by atoms with E-state index in [2.05, 4.69) is 9.71 Å². The average Bonchev–Trinajstić information content (AvgIpc) is 2.92. The zero-order chi connectivity index (χ0) is 16.4. The van der Waals surface area contributed by atoms with Gasteiger partial charge in [0.1, 0.15) is 10.5 Å². The Morgan fingerprint density at radius 3 is 2.78 bits per heavy atom. The summed E-state index contributed by atoms with van der Waals surface area (Å²) in [5.74, 6) is 0. The molecule has 0 saturated carbocycles. The molecule has 3 rings (SSSR count). The van der Waals surface area contributed by atoms with Crippen molar-refractivity contribution in [3.63, 3.8) is 0 Å². The second kappa shape index (κ2) is 6.49. The molecule has 0 aliphatic carbocycles. The van der Waals surface area contributed by atoms with Crippen LogP contribution < -0.4 is 4.72 Å². The van der Waals surface area contributed by atoms with Crippen LogP contribution in [0.3, 0.4) is 0 Å². The van der Waals surface area contributed by atoms with Gasteiger partial charge in [-0.1, -0.05) is 29.3 Å². The summed E-state index contributed by atoms with van der Waals surface area (Å²) in [4.78, 5) is 4.39. The van der Waals surface area contributed by atoms with E-state index in [1.54, 1.807) is 6.07 Å². The SMILES string of the molecule is O=S(=O)(NCCc1cn2ccccc2n1)c1cc(Cl)ccc1Cl. The molecule has 1 aromatic carbocycles. The highest BCUT2D eigenvalue weighted by Crippen LogP contribution is 2.24. The predicted molar refractivity (Wildman–Crippen MR) is 90.5 cm³/mol. The minimum Gasteiger partial charge on any atom is -0.307 e. The van der Waals surface area contributed by atoms with Crippen molar-refractivity contribution >= 4 is 38.9 Å². The van der Waals surface area contributed by atoms with Crippen LogP contribution in [0.25, 0.3) is 5.65 Å². The highest BCUT2D eigenvalue weighted by molar-refractivity contribution is 7.89. The van der Waals surface area contributed by atoms with Gasteiger partial charge in [0.15, 0.2) is 0 Å². The van der Waals surface area contributed by atoms with Gasteiger partial charge in [0.2, 0.25) is 10.0 Å². The number of hydrogen-bond donors (Lipinski definition) is 1. The summed E-state index contributed by atoms with van der Waals surface area (Å²) in [5.41, 5.74) is 1.62. The van der Waals surface area contributed by atoms with Crippen molar-refractivity contribution in [3.8, 4) is 0 Å². The van der Waals surface area contributed by atoms with Crippen molar-refractivity contribution < 1.29 is 8.42 Å². The van der Waals surface area contributed by atoms with E-state index in [1.807, 2.05) is 35.0 Å². The first-order valence-electron chi connectivity index (χ1n) is 6.83. The molecule has 0 amide bonds. The third-order valence-corrected chi connectivity index (χ3v) is 5.45. The van der Waals surface area contributed by atoms with Gasteiger partial charge in [-0.25, -0.2) is 18.1 Å². The molecular formula is C15H13Cl2N3O2S. The Labute approximate surface area is 143 Å². The Bertz CT molecular complexity index is 921. The highest BCUT2D eigenvalue weighted by Gasteiger charge is 2.18. The van der Waals surface area contributed by atoms with Crippen LogP contribution in [0.4, 0.5) is 0 Å². The minimum atomic E-state index is -3.71. The molecule has 0 saturated heterocycles. The van der Waals surface area contributed by atoms with Crippen LogP contribution in [0, 0.1) is 0 Å². The van der Waals surface area contributed by atoms with E-state index in [0.29, 0.717) is 11.4 Å². The second-order valence-electron chi connectivity index (χ2n) is 4.92. The van der Waals surface area contributed by atoms with Crippen LogP contribution in [0.5, 0.6) is 0 Å². The van der Waals surface area contributed by atoms with E-state index in [0.717, 1.165) is 11.3 Å². The molecule has 0 aliphatic rings. The van der Waals surface area contributed by atoms with Crippen LogP contribution in [0.2, 0.25) is 10.0 Å². The summed E-state index contributed by atoms with van der Waals surface area (Å²) < 4.78 is 29.0. The van der Waals surface area contributed by atoms with Crippen LogP contribution in [-0.4, -0.2) is 24.3 Å². The molecule has 0 unspecified atom stereocenters. The van der Waals surface area contributed by atoms with Gasteiger partial charge in [0, 0.05) is 30.4 Å². The second-order valence-corrected chi connectivity index (χ2v) is 7.50. The van der Waals surface area contributed by atoms with Gasteiger partial charge < -0.3 is 4.40 Å². The van der Waals surface area contributed by atoms with Gasteiger partial charge >= 0.3 is 0 Å². The van der Waals surface area contributed by atoms with Gasteiger partial charge in [-0.3, -0.25) is 0 Å². The number of aromatic nitrogens is 2. The molecule has 0 radical (unpaired) electrons. The smallest absolute Gasteiger partial charge is 0.242 e. The van der Waals surface area contributed by atoms with E-state index in [4.69, 9.17) is 23.2 Å². The average molecular weight is 370 g/mol. The number of rotatable bonds is 5. The van der Waals surface area contributed by atoms with Crippen LogP contribution in [0.15, 0.2) is 53.7 Å². The quantitative estimate of drug-likeness (QED) is 0.751. The standard InChI is InChI=1S/C15H13Cl2N3O2S/c16-11-4-5-13(17)14(9-11)23(21,22)18-7-6-12-10-20-8-2-1-3-15(20)19-12/h1-5,8-10,18H,6-7H2. The first kappa shape index (κ1) is 16.3. The number of benzene rings is 1. The number of fused-ring (bicyclic) bond motifs is 1. The van der Waals surface area contributed by atoms with Crippen molar-refractivity contribution in [2.24, 2.45) is 0 Å². The summed E-state index contributed by atoms with van der Waals surface area (Å²) in [6.07, 6.45) is 4.23. The fraction of sp³-hybridized carbons (Fsp3) is 0.133. The summed E-state index contributed by atoms with van der Waals surface area (Å²) in [5, 5.41) is 0.449. The molecule has 0 bridgehead atoms. The number of hydrogen-bond acceptors (Lipinski definition) is 3. The number of nitrogens with zero attached hydrogens (tertiary/aromatic N) is 2. The van der Waals surface area contributed by atoms with E-state index in [-0.39, 0.29) is 16.5 Å². The number of nitrogens with one attached hydrogen (secondary N) is 1. The number of halogens is 2. The fourth-order valence-electron chi connectivity index (χ4n) is 2.18. The molecule has 0 fully saturated rings. The Balaban J connectivity index is 1.71. The third kappa shape index (κ3) is 3.67. The lowest BCUT2D eigenvalue weighted by atomic mass is 10.3. The molecule has 0 atom stereocenters. The van der Waals surface area contributed by atoms with E-state index >= 15 is 0 Å². The first-order valence-corrected chi connectivity index (χ1v) is 9.07. The number of pyridine rings is 1. The van der Waals surface area contributed by atoms with Gasteiger partial charge in [-0.15, -0.1) is 0 Å². The van der Waals surface area contributed by atoms with E-state index < -0.39 is 10.0 Å². The minimum absolute atomic E-state index is 0.0262. The van der Waals surface area contributed by atoms with Gasteiger partial charge in [0.25, 0.3) is 0 Å². The fourth-order valence-corrected chi connectivity index (χ4v) is 3.97. The van der Waals surface area contributed by atoms with Crippen LogP contribution in [-0.2, 0) is 16.4 Å². The zero-order valence-corrected chi connectivity index (χ0v) is 14.2. The Kier molecular flexibility index (Phi) is 4.59. The maximum atomic E-state index is 12.3. The lowest BCUT2D eigenvalue weighted by molar-refractivity contribution is 0.581. The lowest BCUT2D eigenvalue weighted by Gasteiger charge is -2.08. The molecule has 0 spiro atoms. The summed E-state index contributed by atoms with van der Waals surface area (Å²) in [6.45, 7) is 0.217. The van der Waals surface area contributed by atoms with Gasteiger partial charge in [0.05, 0.1) is 10.7 Å². The summed E-state index contributed by atoms with van der Waals surface area (Å²) in [6, 6.07) is 10.0. The van der Waals surface area contributed by atoms with Crippen molar-refractivity contribution in [2.45, 2.75) is 11.3 Å². The van der Waals surface area contributed by atoms with E-state index in [9.17, 15) is 8.42 Å². The van der Waals surface area contributed by atoms with Crippen LogP contribution in [0.1, 0.15) is 5.69 Å². The van der Waals surface area contributed by atoms with Crippen molar-refractivity contribution in [1.82, 2.24) is 14.1 Å². The lowest BCUT2D eigenvalue weighted by Crippen LogP contribution is -2.26. The van der Waals surface area contributed by atoms with Gasteiger partial charge in [-0.2, -0.15) is 0 Å². The largest absolute Gasteiger partial charge is 0.307 e. The Morgan fingerprint density at radius 1 is 1.17 bits per heavy atom. The molecule has 120 valence electrons. The molecule has 3 aromatic rings. The molecule has 0 aliphatic heterocycles. The number of imidazole rings is 1. The third-order valence-electron chi connectivity index (χ3n) is 3.27. The van der Waals surface area contributed by atoms with E-state index in [1.165, 1.54) is 12.1 Å². The summed E-state index contributed by atoms with van der Waals surface area (Å²) >= 11 is 11.8. The van der Waals surface area contributed by atoms with Gasteiger partial charge in [-0.05, 0) is 30.3 Å². The Hall–Kier alpha value is -1.60. The van der Waals surface area contributed by atoms with Crippen molar-refractivity contribution in [3.05, 3.63) is 64.5 Å². The molecular weight excluding hydrogens is 357 g/mol. The van der Waals surface area contributed by atoms with Crippen molar-refractivity contribution in [2.75, 3.05) is 6.54 Å². The zero-order valence-electron chi connectivity index (χ0n) is 11.9. The monoisotopic (exact) mass is 369 g/mol. The molecule has 1 N–H and O–H groups in total. The number of sulfonamides is 1. The molecule has 8 heteroatoms. The molecule has 23 heavy (non-hydrogen) atoms.